The lowest BCUT2D eigenvalue weighted by Gasteiger charge is -2.08. The number of nitrogens with zero attached hydrogens (tertiary/aromatic N) is 1. The molecule has 1 aromatic carbocycles. The summed E-state index contributed by atoms with van der Waals surface area (Å²) in [6.07, 6.45) is 1.78. The fraction of sp³-hybridized carbons (Fsp3) is 0.133. The summed E-state index contributed by atoms with van der Waals surface area (Å²) in [4.78, 5) is 27.2. The second-order valence-electron chi connectivity index (χ2n) is 4.14. The summed E-state index contributed by atoms with van der Waals surface area (Å²) in [7, 11) is 0. The van der Waals surface area contributed by atoms with Gasteiger partial charge < -0.3 is 0 Å². The van der Waals surface area contributed by atoms with Crippen LogP contribution in [0.2, 0.25) is 0 Å². The van der Waals surface area contributed by atoms with Crippen molar-refractivity contribution >= 4 is 29.4 Å². The number of imide groups is 1. The van der Waals surface area contributed by atoms with Crippen LogP contribution in [0.1, 0.15) is 22.8 Å². The average molecular weight is 324 g/mol. The predicted molar refractivity (Wildman–Crippen MR) is 84.4 cm³/mol. The topological polar surface area (TPSA) is 70.6 Å². The molecule has 0 aliphatic rings. The van der Waals surface area contributed by atoms with Gasteiger partial charge in [0, 0.05) is 6.20 Å². The first-order chi connectivity index (χ1) is 10.4. The number of aliphatic imine (C=N–C) groups is 1. The molecule has 0 aliphatic carbocycles. The molecule has 116 valence electrons. The number of nitrogens with one attached hydrogen (secondary N) is 2. The van der Waals surface area contributed by atoms with Crippen LogP contribution in [0.4, 0.5) is 9.18 Å². The minimum absolute atomic E-state index is 0.0408. The number of carbonyl (C=O) groups excluding carboxylic acids is 2. The van der Waals surface area contributed by atoms with Crippen molar-refractivity contribution in [2.24, 2.45) is 4.99 Å². The maximum atomic E-state index is 13.8. The zero-order chi connectivity index (χ0) is 16.7. The number of carbonyl (C=O) groups is 2. The smallest absolute Gasteiger partial charge is 0.291 e. The fourth-order valence-electron chi connectivity index (χ4n) is 1.53. The molecule has 7 heteroatoms. The van der Waals surface area contributed by atoms with Crippen LogP contribution in [0.15, 0.2) is 47.6 Å². The maximum Gasteiger partial charge on any atom is 0.327 e. The second kappa shape index (κ2) is 8.09. The van der Waals surface area contributed by atoms with Gasteiger partial charge in [0.1, 0.15) is 5.82 Å². The van der Waals surface area contributed by atoms with Crippen molar-refractivity contribution in [3.05, 3.63) is 59.5 Å². The van der Waals surface area contributed by atoms with Gasteiger partial charge in [-0.2, -0.15) is 0 Å². The summed E-state index contributed by atoms with van der Waals surface area (Å²) < 4.78 is 13.8. The van der Waals surface area contributed by atoms with E-state index in [2.05, 4.69) is 23.5 Å². The van der Waals surface area contributed by atoms with Crippen molar-refractivity contribution in [3.63, 3.8) is 0 Å². The molecule has 0 bridgehead atoms. The molecule has 22 heavy (non-hydrogen) atoms. The number of benzene rings is 1. The van der Waals surface area contributed by atoms with Gasteiger partial charge in [0.05, 0.1) is 10.6 Å². The Kier molecular flexibility index (Phi) is 6.47. The number of hydrogen-bond acceptors (Lipinski definition) is 3. The molecule has 0 aliphatic heterocycles. The van der Waals surface area contributed by atoms with Gasteiger partial charge >= 0.3 is 6.03 Å². The largest absolute Gasteiger partial charge is 0.327 e. The van der Waals surface area contributed by atoms with Crippen molar-refractivity contribution < 1.29 is 14.0 Å². The molecule has 5 nitrogen and oxygen atoms in total. The number of amidine groups is 1. The highest BCUT2D eigenvalue weighted by Gasteiger charge is 2.16. The molecule has 0 saturated heterocycles. The van der Waals surface area contributed by atoms with Gasteiger partial charge in [-0.1, -0.05) is 37.7 Å². The van der Waals surface area contributed by atoms with E-state index in [-0.39, 0.29) is 16.4 Å². The summed E-state index contributed by atoms with van der Waals surface area (Å²) >= 11 is 5.62. The summed E-state index contributed by atoms with van der Waals surface area (Å²) in [5, 5.41) is 4.15. The van der Waals surface area contributed by atoms with E-state index in [0.29, 0.717) is 6.42 Å². The van der Waals surface area contributed by atoms with E-state index >= 15 is 0 Å². The maximum absolute atomic E-state index is 13.8. The van der Waals surface area contributed by atoms with E-state index < -0.39 is 17.8 Å². The van der Waals surface area contributed by atoms with Crippen molar-refractivity contribution in [3.8, 4) is 0 Å². The highest BCUT2D eigenvalue weighted by Crippen LogP contribution is 2.11. The molecule has 0 aromatic heterocycles. The molecule has 0 atom stereocenters. The van der Waals surface area contributed by atoms with Crippen LogP contribution in [-0.2, 0) is 6.42 Å². The van der Waals surface area contributed by atoms with Crippen LogP contribution in [0.3, 0.4) is 0 Å². The van der Waals surface area contributed by atoms with Gasteiger partial charge in [-0.05, 0) is 24.1 Å². The molecule has 3 amide bonds. The minimum Gasteiger partial charge on any atom is -0.291 e. The Hall–Kier alpha value is -2.47. The third-order valence-electron chi connectivity index (χ3n) is 2.62. The normalized spacial score (nSPS) is 10.8. The standard InChI is InChI=1S/C15H15ClFN3O2/c1-4-10-6-7-11(12(17)8-10)14(21)20-15(22)19-13(9(3)16)18-5-2/h5-8H,2-4H2,1H3,(H2,18,19,20,21,22). The number of urea groups is 1. The Morgan fingerprint density at radius 3 is 2.59 bits per heavy atom. The van der Waals surface area contributed by atoms with Gasteiger partial charge in [-0.25, -0.2) is 14.2 Å². The zero-order valence-corrected chi connectivity index (χ0v) is 12.7. The first-order valence-corrected chi connectivity index (χ1v) is 6.71. The number of rotatable bonds is 4. The quantitative estimate of drug-likeness (QED) is 0.660. The molecule has 0 unspecified atom stereocenters. The Morgan fingerprint density at radius 1 is 1.41 bits per heavy atom. The van der Waals surface area contributed by atoms with Crippen LogP contribution in [-0.4, -0.2) is 17.8 Å². The van der Waals surface area contributed by atoms with Crippen LogP contribution in [0.5, 0.6) is 0 Å². The second-order valence-corrected chi connectivity index (χ2v) is 4.60. The molecule has 0 spiro atoms. The van der Waals surface area contributed by atoms with Crippen molar-refractivity contribution in [2.75, 3.05) is 0 Å². The monoisotopic (exact) mass is 323 g/mol. The number of aryl methyl sites for hydroxylation is 1. The lowest BCUT2D eigenvalue weighted by Crippen LogP contribution is -2.42. The first kappa shape index (κ1) is 17.6. The third-order valence-corrected chi connectivity index (χ3v) is 2.80. The molecular weight excluding hydrogens is 309 g/mol. The van der Waals surface area contributed by atoms with Crippen LogP contribution >= 0.6 is 11.6 Å². The lowest BCUT2D eigenvalue weighted by atomic mass is 10.1. The van der Waals surface area contributed by atoms with Crippen LogP contribution in [0.25, 0.3) is 0 Å². The Bertz CT molecular complexity index is 656. The first-order valence-electron chi connectivity index (χ1n) is 6.33. The number of hydrogen-bond donors (Lipinski definition) is 2. The molecule has 0 radical (unpaired) electrons. The summed E-state index contributed by atoms with van der Waals surface area (Å²) in [5.41, 5.74) is 0.511. The molecular formula is C15H15ClFN3O2. The van der Waals surface area contributed by atoms with E-state index in [1.54, 1.807) is 6.07 Å². The molecule has 0 saturated carbocycles. The van der Waals surface area contributed by atoms with E-state index in [1.165, 1.54) is 12.1 Å². The minimum atomic E-state index is -0.911. The van der Waals surface area contributed by atoms with E-state index in [1.807, 2.05) is 12.2 Å². The number of amides is 3. The molecule has 0 heterocycles. The fourth-order valence-corrected chi connectivity index (χ4v) is 1.63. The van der Waals surface area contributed by atoms with Crippen molar-refractivity contribution in [1.82, 2.24) is 10.6 Å². The summed E-state index contributed by atoms with van der Waals surface area (Å²) in [6, 6.07) is 3.26. The SMILES string of the molecule is C=CN=C(NC(=O)NC(=O)c1ccc(CC)cc1F)C(=C)Cl. The zero-order valence-electron chi connectivity index (χ0n) is 12.0. The third kappa shape index (κ3) is 4.82. The molecule has 1 aromatic rings. The van der Waals surface area contributed by atoms with Gasteiger partial charge in [-0.3, -0.25) is 15.4 Å². The Morgan fingerprint density at radius 2 is 2.09 bits per heavy atom. The van der Waals surface area contributed by atoms with E-state index in [0.717, 1.165) is 11.8 Å². The van der Waals surface area contributed by atoms with E-state index in [9.17, 15) is 14.0 Å². The van der Waals surface area contributed by atoms with Crippen LogP contribution < -0.4 is 10.6 Å². The Balaban J connectivity index is 2.80. The summed E-state index contributed by atoms with van der Waals surface area (Å²) in [5.74, 6) is -1.65. The summed E-state index contributed by atoms with van der Waals surface area (Å²) in [6.45, 7) is 8.61. The van der Waals surface area contributed by atoms with Gasteiger partial charge in [-0.15, -0.1) is 0 Å². The molecule has 2 N–H and O–H groups in total. The highest BCUT2D eigenvalue weighted by molar-refractivity contribution is 6.43. The van der Waals surface area contributed by atoms with Crippen LogP contribution in [0, 0.1) is 5.82 Å². The van der Waals surface area contributed by atoms with Crippen molar-refractivity contribution in [1.29, 1.82) is 0 Å². The highest BCUT2D eigenvalue weighted by atomic mass is 35.5. The average Bonchev–Trinajstić information content (AvgIpc) is 2.46. The van der Waals surface area contributed by atoms with E-state index in [4.69, 9.17) is 11.6 Å². The Labute approximate surface area is 132 Å². The number of halogens is 2. The molecule has 0 fully saturated rings. The van der Waals surface area contributed by atoms with Gasteiger partial charge in [0.15, 0.2) is 5.84 Å². The van der Waals surface area contributed by atoms with Crippen molar-refractivity contribution in [2.45, 2.75) is 13.3 Å². The van der Waals surface area contributed by atoms with Gasteiger partial charge in [0.2, 0.25) is 0 Å². The lowest BCUT2D eigenvalue weighted by molar-refractivity contribution is 0.0961. The van der Waals surface area contributed by atoms with Gasteiger partial charge in [0.25, 0.3) is 5.91 Å². The molecule has 1 rings (SSSR count). The predicted octanol–water partition coefficient (Wildman–Crippen LogP) is 3.12.